The zero-order valence-corrected chi connectivity index (χ0v) is 8.98. The maximum absolute atomic E-state index is 5.73. The van der Waals surface area contributed by atoms with Gasteiger partial charge in [-0.25, -0.2) is 5.32 Å². The zero-order chi connectivity index (χ0) is 10.5. The summed E-state index contributed by atoms with van der Waals surface area (Å²) >= 11 is 0. The van der Waals surface area contributed by atoms with Crippen molar-refractivity contribution in [3.8, 4) is 11.5 Å². The molecule has 0 bridgehead atoms. The van der Waals surface area contributed by atoms with Crippen molar-refractivity contribution in [2.45, 2.75) is 25.5 Å². The molecule has 1 aliphatic rings. The number of hydrogen-bond donors (Lipinski definition) is 0. The summed E-state index contributed by atoms with van der Waals surface area (Å²) in [4.78, 5) is 0. The third kappa shape index (κ3) is 2.86. The first kappa shape index (κ1) is 10.3. The van der Waals surface area contributed by atoms with Gasteiger partial charge < -0.3 is 9.47 Å². The molecule has 0 saturated carbocycles. The molecule has 1 fully saturated rings. The van der Waals surface area contributed by atoms with Crippen LogP contribution in [-0.2, 0) is 0 Å². The van der Waals surface area contributed by atoms with Crippen molar-refractivity contribution in [2.24, 2.45) is 0 Å². The van der Waals surface area contributed by atoms with E-state index in [4.69, 9.17) is 9.47 Å². The Morgan fingerprint density at radius 3 is 2.47 bits per heavy atom. The van der Waals surface area contributed by atoms with Crippen molar-refractivity contribution in [1.29, 1.82) is 0 Å². The van der Waals surface area contributed by atoms with Crippen molar-refractivity contribution >= 4 is 0 Å². The fourth-order valence-electron chi connectivity index (χ4n) is 1.66. The Balaban J connectivity index is 1.91. The molecule has 15 heavy (non-hydrogen) atoms. The molecule has 1 saturated heterocycles. The molecule has 0 amide bonds. The highest BCUT2D eigenvalue weighted by Crippen LogP contribution is 2.20. The maximum Gasteiger partial charge on any atom is 0.165 e. The summed E-state index contributed by atoms with van der Waals surface area (Å²) in [5.41, 5.74) is 0. The fraction of sp³-hybridized carbons (Fsp3) is 0.500. The predicted octanol–water partition coefficient (Wildman–Crippen LogP) is 2.19. The molecule has 1 aromatic carbocycles. The Labute approximate surface area is 90.4 Å². The van der Waals surface area contributed by atoms with E-state index in [1.165, 1.54) is 12.8 Å². The topological polar surface area (TPSA) is 32.6 Å². The van der Waals surface area contributed by atoms with Crippen LogP contribution < -0.4 is 14.8 Å². The van der Waals surface area contributed by atoms with E-state index in [2.05, 4.69) is 5.32 Å². The smallest absolute Gasteiger partial charge is 0.165 e. The van der Waals surface area contributed by atoms with Gasteiger partial charge >= 0.3 is 0 Å². The third-order valence-corrected chi connectivity index (χ3v) is 2.52. The van der Waals surface area contributed by atoms with E-state index >= 15 is 0 Å². The van der Waals surface area contributed by atoms with Gasteiger partial charge in [-0.3, -0.25) is 0 Å². The van der Waals surface area contributed by atoms with Crippen molar-refractivity contribution < 1.29 is 9.47 Å². The number of benzene rings is 1. The molecule has 1 aliphatic heterocycles. The summed E-state index contributed by atoms with van der Waals surface area (Å²) in [5.74, 6) is 1.72. The SMILES string of the molecule is COc1ccc(OC2CCCC[N]2)cc1. The van der Waals surface area contributed by atoms with Gasteiger partial charge in [-0.05, 0) is 43.5 Å². The van der Waals surface area contributed by atoms with Crippen molar-refractivity contribution in [1.82, 2.24) is 5.32 Å². The van der Waals surface area contributed by atoms with Crippen LogP contribution in [0.1, 0.15) is 19.3 Å². The van der Waals surface area contributed by atoms with E-state index in [1.54, 1.807) is 7.11 Å². The molecule has 0 aliphatic carbocycles. The molecule has 1 radical (unpaired) electrons. The van der Waals surface area contributed by atoms with Crippen LogP contribution in [0, 0.1) is 0 Å². The van der Waals surface area contributed by atoms with Gasteiger partial charge in [0, 0.05) is 6.54 Å². The molecule has 0 spiro atoms. The predicted molar refractivity (Wildman–Crippen MR) is 58.3 cm³/mol. The monoisotopic (exact) mass is 206 g/mol. The average Bonchev–Trinajstić information content (AvgIpc) is 2.31. The molecule has 1 unspecified atom stereocenters. The first-order chi connectivity index (χ1) is 7.38. The number of piperidine rings is 1. The van der Waals surface area contributed by atoms with Gasteiger partial charge in [-0.1, -0.05) is 0 Å². The van der Waals surface area contributed by atoms with E-state index in [1.807, 2.05) is 24.3 Å². The molecule has 3 nitrogen and oxygen atoms in total. The number of methoxy groups -OCH3 is 1. The molecular formula is C12H16NO2. The third-order valence-electron chi connectivity index (χ3n) is 2.52. The van der Waals surface area contributed by atoms with Crippen LogP contribution in [0.4, 0.5) is 0 Å². The highest BCUT2D eigenvalue weighted by molar-refractivity contribution is 5.31. The minimum Gasteiger partial charge on any atom is -0.497 e. The second kappa shape index (κ2) is 5.03. The standard InChI is InChI=1S/C12H16NO2/c1-14-10-5-7-11(8-6-10)15-12-4-2-3-9-13-12/h5-8,12H,2-4,9H2,1H3. The molecule has 2 rings (SSSR count). The normalized spacial score (nSPS) is 21.0. The summed E-state index contributed by atoms with van der Waals surface area (Å²) in [6.07, 6.45) is 3.49. The molecular weight excluding hydrogens is 190 g/mol. The Hall–Kier alpha value is -1.22. The summed E-state index contributed by atoms with van der Waals surface area (Å²) < 4.78 is 10.8. The second-order valence-corrected chi connectivity index (χ2v) is 3.65. The lowest BCUT2D eigenvalue weighted by molar-refractivity contribution is 0.128. The van der Waals surface area contributed by atoms with Crippen molar-refractivity contribution in [2.75, 3.05) is 13.7 Å². The summed E-state index contributed by atoms with van der Waals surface area (Å²) in [7, 11) is 1.66. The summed E-state index contributed by atoms with van der Waals surface area (Å²) in [6.45, 7) is 0.931. The van der Waals surface area contributed by atoms with Crippen LogP contribution in [0.5, 0.6) is 11.5 Å². The molecule has 3 heteroatoms. The molecule has 1 heterocycles. The maximum atomic E-state index is 5.73. The highest BCUT2D eigenvalue weighted by atomic mass is 16.5. The van der Waals surface area contributed by atoms with Crippen molar-refractivity contribution in [3.63, 3.8) is 0 Å². The molecule has 0 N–H and O–H groups in total. The quantitative estimate of drug-likeness (QED) is 0.759. The van der Waals surface area contributed by atoms with Crippen LogP contribution >= 0.6 is 0 Å². The lowest BCUT2D eigenvalue weighted by Gasteiger charge is -2.22. The van der Waals surface area contributed by atoms with Crippen LogP contribution in [-0.4, -0.2) is 19.9 Å². The minimum absolute atomic E-state index is 0.0483. The van der Waals surface area contributed by atoms with Gasteiger partial charge in [0.1, 0.15) is 11.5 Å². The number of hydrogen-bond acceptors (Lipinski definition) is 2. The zero-order valence-electron chi connectivity index (χ0n) is 8.98. The van der Waals surface area contributed by atoms with Gasteiger partial charge in [-0.15, -0.1) is 0 Å². The fourth-order valence-corrected chi connectivity index (χ4v) is 1.66. The molecule has 0 aromatic heterocycles. The lowest BCUT2D eigenvalue weighted by atomic mass is 10.1. The number of rotatable bonds is 3. The van der Waals surface area contributed by atoms with Gasteiger partial charge in [0.25, 0.3) is 0 Å². The van der Waals surface area contributed by atoms with Gasteiger partial charge in [0.15, 0.2) is 6.23 Å². The molecule has 1 aromatic rings. The van der Waals surface area contributed by atoms with Gasteiger partial charge in [-0.2, -0.15) is 0 Å². The van der Waals surface area contributed by atoms with Gasteiger partial charge in [0.2, 0.25) is 0 Å². The molecule has 81 valence electrons. The van der Waals surface area contributed by atoms with E-state index in [9.17, 15) is 0 Å². The Bertz CT molecular complexity index is 291. The van der Waals surface area contributed by atoms with Crippen LogP contribution in [0.25, 0.3) is 0 Å². The summed E-state index contributed by atoms with van der Waals surface area (Å²) in [5, 5.41) is 4.41. The van der Waals surface area contributed by atoms with E-state index in [-0.39, 0.29) is 6.23 Å². The van der Waals surface area contributed by atoms with Crippen LogP contribution in [0.15, 0.2) is 24.3 Å². The average molecular weight is 206 g/mol. The molecule has 1 atom stereocenters. The number of ether oxygens (including phenoxy) is 2. The summed E-state index contributed by atoms with van der Waals surface area (Å²) in [6, 6.07) is 7.64. The van der Waals surface area contributed by atoms with E-state index < -0.39 is 0 Å². The van der Waals surface area contributed by atoms with E-state index in [0.29, 0.717) is 0 Å². The minimum atomic E-state index is 0.0483. The highest BCUT2D eigenvalue weighted by Gasteiger charge is 2.14. The Morgan fingerprint density at radius 2 is 1.87 bits per heavy atom. The first-order valence-corrected chi connectivity index (χ1v) is 5.36. The van der Waals surface area contributed by atoms with E-state index in [0.717, 1.165) is 24.5 Å². The Morgan fingerprint density at radius 1 is 1.13 bits per heavy atom. The van der Waals surface area contributed by atoms with Crippen LogP contribution in [0.2, 0.25) is 0 Å². The Kier molecular flexibility index (Phi) is 3.45. The lowest BCUT2D eigenvalue weighted by Crippen LogP contribution is -2.32. The second-order valence-electron chi connectivity index (χ2n) is 3.65. The number of nitrogens with zero attached hydrogens (tertiary/aromatic N) is 1. The van der Waals surface area contributed by atoms with Crippen LogP contribution in [0.3, 0.4) is 0 Å². The largest absolute Gasteiger partial charge is 0.497 e. The van der Waals surface area contributed by atoms with Gasteiger partial charge in [0.05, 0.1) is 7.11 Å². The first-order valence-electron chi connectivity index (χ1n) is 5.36. The van der Waals surface area contributed by atoms with Crippen molar-refractivity contribution in [3.05, 3.63) is 24.3 Å².